The van der Waals surface area contributed by atoms with Crippen LogP contribution in [0.3, 0.4) is 0 Å². The zero-order valence-electron chi connectivity index (χ0n) is 17.7. The van der Waals surface area contributed by atoms with Crippen LogP contribution in [0.25, 0.3) is 0 Å². The number of ether oxygens (including phenoxy) is 1. The fourth-order valence-corrected chi connectivity index (χ4v) is 5.71. The van der Waals surface area contributed by atoms with E-state index in [1.54, 1.807) is 23.3 Å². The van der Waals surface area contributed by atoms with Gasteiger partial charge in [0.15, 0.2) is 0 Å². The van der Waals surface area contributed by atoms with Gasteiger partial charge in [0.25, 0.3) is 15.9 Å². The topological polar surface area (TPSA) is 80.1 Å². The molecule has 1 fully saturated rings. The number of furan rings is 1. The molecule has 1 saturated carbocycles. The highest BCUT2D eigenvalue weighted by atomic mass is 32.2. The first-order valence-corrected chi connectivity index (χ1v) is 12.0. The molecule has 5 rings (SSSR count). The molecule has 2 heterocycles. The lowest BCUT2D eigenvalue weighted by molar-refractivity contribution is 0.0714. The van der Waals surface area contributed by atoms with Crippen LogP contribution in [0.1, 0.15) is 34.5 Å². The molecule has 1 amide bonds. The summed E-state index contributed by atoms with van der Waals surface area (Å²) in [5.74, 6) is 0.766. The van der Waals surface area contributed by atoms with E-state index >= 15 is 0 Å². The summed E-state index contributed by atoms with van der Waals surface area (Å²) in [5.41, 5.74) is 1.92. The zero-order chi connectivity index (χ0) is 22.3. The van der Waals surface area contributed by atoms with E-state index in [0.29, 0.717) is 36.7 Å². The number of carbonyl (C=O) groups excluding carboxylic acids is 1. The summed E-state index contributed by atoms with van der Waals surface area (Å²) in [6, 6.07) is 15.7. The van der Waals surface area contributed by atoms with Crippen LogP contribution in [0, 0.1) is 0 Å². The molecule has 0 unspecified atom stereocenters. The Labute approximate surface area is 187 Å². The molecule has 1 aromatic heterocycles. The van der Waals surface area contributed by atoms with Gasteiger partial charge in [-0.2, -0.15) is 0 Å². The van der Waals surface area contributed by atoms with Gasteiger partial charge in [0.2, 0.25) is 0 Å². The molecule has 32 heavy (non-hydrogen) atoms. The van der Waals surface area contributed by atoms with Crippen molar-refractivity contribution in [2.75, 3.05) is 18.0 Å². The molecule has 0 N–H and O–H groups in total. The maximum absolute atomic E-state index is 13.5. The summed E-state index contributed by atoms with van der Waals surface area (Å²) in [5, 5.41) is 0. The number of fused-ring (bicyclic) bond motifs is 1. The third-order valence-corrected chi connectivity index (χ3v) is 7.80. The number of amides is 1. The molecule has 8 heteroatoms. The highest BCUT2D eigenvalue weighted by Gasteiger charge is 2.36. The Morgan fingerprint density at radius 2 is 1.97 bits per heavy atom. The Morgan fingerprint density at radius 3 is 2.69 bits per heavy atom. The van der Waals surface area contributed by atoms with Gasteiger partial charge in [-0.05, 0) is 61.2 Å². The second kappa shape index (κ2) is 8.02. The number of benzene rings is 2. The number of rotatable bonds is 7. The minimum absolute atomic E-state index is 0.0760. The van der Waals surface area contributed by atoms with Crippen LogP contribution >= 0.6 is 0 Å². The molecular formula is C24H24N2O5S. The van der Waals surface area contributed by atoms with Crippen molar-refractivity contribution in [2.24, 2.45) is 0 Å². The second-order valence-corrected chi connectivity index (χ2v) is 9.92. The van der Waals surface area contributed by atoms with Crippen molar-refractivity contribution in [3.05, 3.63) is 77.7 Å². The van der Waals surface area contributed by atoms with Crippen molar-refractivity contribution >= 4 is 21.6 Å². The fraction of sp³-hybridized carbons (Fsp3) is 0.292. The average molecular weight is 453 g/mol. The van der Waals surface area contributed by atoms with Crippen LogP contribution in [0.15, 0.2) is 70.2 Å². The number of hydrogen-bond donors (Lipinski definition) is 0. The molecule has 2 aromatic carbocycles. The summed E-state index contributed by atoms with van der Waals surface area (Å²) in [7, 11) is -2.35. The van der Waals surface area contributed by atoms with Crippen molar-refractivity contribution in [1.82, 2.24) is 4.90 Å². The summed E-state index contributed by atoms with van der Waals surface area (Å²) in [6.07, 6.45) is 4.07. The van der Waals surface area contributed by atoms with Gasteiger partial charge in [-0.25, -0.2) is 8.42 Å². The maximum atomic E-state index is 13.5. The third kappa shape index (κ3) is 3.64. The number of carbonyl (C=O) groups is 1. The predicted molar refractivity (Wildman–Crippen MR) is 119 cm³/mol. The van der Waals surface area contributed by atoms with E-state index in [9.17, 15) is 13.2 Å². The van der Waals surface area contributed by atoms with Crippen molar-refractivity contribution in [1.29, 1.82) is 0 Å². The second-order valence-electron chi connectivity index (χ2n) is 8.06. The summed E-state index contributed by atoms with van der Waals surface area (Å²) in [6.45, 7) is 0.708. The molecule has 0 bridgehead atoms. The van der Waals surface area contributed by atoms with Gasteiger partial charge in [-0.15, -0.1) is 0 Å². The summed E-state index contributed by atoms with van der Waals surface area (Å²) < 4.78 is 39.3. The Balaban J connectivity index is 1.51. The fourth-order valence-electron chi connectivity index (χ4n) is 4.18. The van der Waals surface area contributed by atoms with Crippen LogP contribution in [0.5, 0.6) is 5.75 Å². The van der Waals surface area contributed by atoms with E-state index in [-0.39, 0.29) is 22.4 Å². The van der Waals surface area contributed by atoms with Gasteiger partial charge < -0.3 is 14.1 Å². The van der Waals surface area contributed by atoms with E-state index in [0.717, 1.165) is 18.4 Å². The molecule has 0 atom stereocenters. The van der Waals surface area contributed by atoms with Gasteiger partial charge in [0, 0.05) is 12.6 Å². The average Bonchev–Trinajstić information content (AvgIpc) is 3.33. The van der Waals surface area contributed by atoms with E-state index in [4.69, 9.17) is 9.15 Å². The molecule has 7 nitrogen and oxygen atoms in total. The molecular weight excluding hydrogens is 428 g/mol. The van der Waals surface area contributed by atoms with Crippen molar-refractivity contribution in [3.63, 3.8) is 0 Å². The molecule has 2 aliphatic rings. The molecule has 1 aliphatic heterocycles. The molecule has 0 saturated heterocycles. The van der Waals surface area contributed by atoms with Gasteiger partial charge in [0.1, 0.15) is 11.5 Å². The Kier molecular flexibility index (Phi) is 5.17. The van der Waals surface area contributed by atoms with Gasteiger partial charge in [0.05, 0.1) is 36.1 Å². The minimum Gasteiger partial charge on any atom is -0.496 e. The van der Waals surface area contributed by atoms with E-state index in [1.807, 2.05) is 30.3 Å². The maximum Gasteiger partial charge on any atom is 0.264 e. The lowest BCUT2D eigenvalue weighted by Crippen LogP contribution is -2.33. The van der Waals surface area contributed by atoms with Crippen LogP contribution in [-0.4, -0.2) is 38.9 Å². The van der Waals surface area contributed by atoms with E-state index in [1.165, 1.54) is 23.5 Å². The normalized spacial score (nSPS) is 15.5. The van der Waals surface area contributed by atoms with Crippen molar-refractivity contribution < 1.29 is 22.4 Å². The van der Waals surface area contributed by atoms with Crippen molar-refractivity contribution in [2.45, 2.75) is 36.7 Å². The van der Waals surface area contributed by atoms with Crippen LogP contribution < -0.4 is 9.04 Å². The Hall–Kier alpha value is -3.26. The van der Waals surface area contributed by atoms with Crippen LogP contribution in [0.2, 0.25) is 0 Å². The van der Waals surface area contributed by atoms with Gasteiger partial charge in [-0.1, -0.05) is 18.2 Å². The predicted octanol–water partition coefficient (Wildman–Crippen LogP) is 3.84. The first kappa shape index (κ1) is 20.6. The first-order chi connectivity index (χ1) is 15.5. The molecule has 0 radical (unpaired) electrons. The van der Waals surface area contributed by atoms with Crippen LogP contribution in [-0.2, 0) is 23.0 Å². The van der Waals surface area contributed by atoms with Crippen LogP contribution in [0.4, 0.5) is 5.69 Å². The quantitative estimate of drug-likeness (QED) is 0.544. The molecule has 1 aliphatic carbocycles. The summed E-state index contributed by atoms with van der Waals surface area (Å²) in [4.78, 5) is 15.3. The number of sulfonamides is 1. The zero-order valence-corrected chi connectivity index (χ0v) is 18.5. The molecule has 3 aromatic rings. The monoisotopic (exact) mass is 452 g/mol. The molecule has 166 valence electrons. The van der Waals surface area contributed by atoms with Crippen molar-refractivity contribution in [3.8, 4) is 5.75 Å². The Bertz CT molecular complexity index is 1250. The lowest BCUT2D eigenvalue weighted by atomic mass is 10.1. The molecule has 0 spiro atoms. The largest absolute Gasteiger partial charge is 0.496 e. The standard InChI is InChI=1S/C24H24N2O5S/c1-30-23-11-10-20(32(28,29)26-13-12-17-5-2-3-7-22(17)26)15-21(23)24(27)25(18-8-9-18)16-19-6-4-14-31-19/h2-7,10-11,14-15,18H,8-9,12-13,16H2,1H3. The summed E-state index contributed by atoms with van der Waals surface area (Å²) >= 11 is 0. The number of methoxy groups -OCH3 is 1. The smallest absolute Gasteiger partial charge is 0.264 e. The minimum atomic E-state index is -3.82. The highest BCUT2D eigenvalue weighted by Crippen LogP contribution is 2.36. The Morgan fingerprint density at radius 1 is 1.16 bits per heavy atom. The van der Waals surface area contributed by atoms with Gasteiger partial charge >= 0.3 is 0 Å². The van der Waals surface area contributed by atoms with E-state index in [2.05, 4.69) is 0 Å². The van der Waals surface area contributed by atoms with E-state index < -0.39 is 10.0 Å². The van der Waals surface area contributed by atoms with Gasteiger partial charge in [-0.3, -0.25) is 9.10 Å². The first-order valence-electron chi connectivity index (χ1n) is 10.6. The number of para-hydroxylation sites is 1. The SMILES string of the molecule is COc1ccc(S(=O)(=O)N2CCc3ccccc32)cc1C(=O)N(Cc1ccco1)C1CC1. The third-order valence-electron chi connectivity index (χ3n) is 5.99. The number of nitrogens with zero attached hydrogens (tertiary/aromatic N) is 2. The highest BCUT2D eigenvalue weighted by molar-refractivity contribution is 7.92. The number of anilines is 1. The number of hydrogen-bond acceptors (Lipinski definition) is 5. The lowest BCUT2D eigenvalue weighted by Gasteiger charge is -2.24.